The quantitative estimate of drug-likeness (QED) is 0.466. The zero-order valence-corrected chi connectivity index (χ0v) is 22.4. The molecule has 0 aliphatic carbocycles. The molecule has 11 nitrogen and oxygen atoms in total. The lowest BCUT2D eigenvalue weighted by Crippen LogP contribution is -2.47. The van der Waals surface area contributed by atoms with Crippen LogP contribution in [0.1, 0.15) is 44.1 Å². The first-order valence-electron chi connectivity index (χ1n) is 12.6. The second-order valence-electron chi connectivity index (χ2n) is 10.4. The fourth-order valence-electron chi connectivity index (χ4n) is 5.07. The average molecular weight is 527 g/mol. The number of aliphatic hydroxyl groups is 1. The lowest BCUT2D eigenvalue weighted by atomic mass is 10.0. The molecule has 1 aliphatic heterocycles. The minimum absolute atomic E-state index is 0.126. The monoisotopic (exact) mass is 526 g/mol. The first kappa shape index (κ1) is 27.2. The molecule has 3 aromatic rings. The van der Waals surface area contributed by atoms with E-state index in [1.807, 2.05) is 12.1 Å². The van der Waals surface area contributed by atoms with Gasteiger partial charge in [-0.1, -0.05) is 18.2 Å². The molecule has 1 fully saturated rings. The third kappa shape index (κ3) is 5.10. The van der Waals surface area contributed by atoms with Crippen LogP contribution >= 0.6 is 0 Å². The Morgan fingerprint density at radius 3 is 2.39 bits per heavy atom. The molecule has 1 aliphatic rings. The SMILES string of the molecule is COc1c(C(=O)NC2CCN(C(=O)CO)CC2)n(C)c2c1c(=O)n(CC(=O)OC(C)(C)C)c1ccccc21. The Morgan fingerprint density at radius 1 is 1.13 bits per heavy atom. The number of methoxy groups -OCH3 is 1. The molecule has 204 valence electrons. The van der Waals surface area contributed by atoms with Crippen molar-refractivity contribution in [1.29, 1.82) is 0 Å². The van der Waals surface area contributed by atoms with Gasteiger partial charge in [-0.2, -0.15) is 0 Å². The first-order valence-corrected chi connectivity index (χ1v) is 12.6. The van der Waals surface area contributed by atoms with Crippen molar-refractivity contribution in [3.63, 3.8) is 0 Å². The molecular weight excluding hydrogens is 492 g/mol. The molecule has 2 amide bonds. The normalized spacial score (nSPS) is 14.6. The summed E-state index contributed by atoms with van der Waals surface area (Å²) in [5.41, 5.74) is 0.0709. The second kappa shape index (κ2) is 10.5. The zero-order valence-electron chi connectivity index (χ0n) is 22.4. The number of carbonyl (C=O) groups excluding carboxylic acids is 3. The Kier molecular flexibility index (Phi) is 7.50. The number of aromatic nitrogens is 2. The predicted octanol–water partition coefficient (Wildman–Crippen LogP) is 1.56. The highest BCUT2D eigenvalue weighted by atomic mass is 16.6. The van der Waals surface area contributed by atoms with E-state index in [0.717, 1.165) is 0 Å². The van der Waals surface area contributed by atoms with E-state index in [1.165, 1.54) is 11.7 Å². The lowest BCUT2D eigenvalue weighted by Gasteiger charge is -2.32. The van der Waals surface area contributed by atoms with Crippen LogP contribution in [0.5, 0.6) is 5.75 Å². The van der Waals surface area contributed by atoms with Gasteiger partial charge < -0.3 is 29.4 Å². The van der Waals surface area contributed by atoms with Crippen LogP contribution in [0.25, 0.3) is 21.8 Å². The number of benzene rings is 1. The van der Waals surface area contributed by atoms with Gasteiger partial charge in [-0.25, -0.2) is 0 Å². The number of pyridine rings is 1. The number of hydrogen-bond donors (Lipinski definition) is 2. The molecule has 38 heavy (non-hydrogen) atoms. The molecule has 0 radical (unpaired) electrons. The molecule has 0 atom stereocenters. The minimum Gasteiger partial charge on any atom is -0.493 e. The van der Waals surface area contributed by atoms with Crippen molar-refractivity contribution in [2.75, 3.05) is 26.8 Å². The Morgan fingerprint density at radius 2 is 1.79 bits per heavy atom. The third-order valence-corrected chi connectivity index (χ3v) is 6.70. The van der Waals surface area contributed by atoms with Gasteiger partial charge in [-0.3, -0.25) is 23.7 Å². The van der Waals surface area contributed by atoms with Gasteiger partial charge in [0.25, 0.3) is 11.5 Å². The molecule has 2 N–H and O–H groups in total. The summed E-state index contributed by atoms with van der Waals surface area (Å²) in [7, 11) is 3.10. The first-order chi connectivity index (χ1) is 18.0. The molecular formula is C27H34N4O7. The number of piperidine rings is 1. The fourth-order valence-corrected chi connectivity index (χ4v) is 5.07. The van der Waals surface area contributed by atoms with Crippen LogP contribution in [0.3, 0.4) is 0 Å². The smallest absolute Gasteiger partial charge is 0.326 e. The van der Waals surface area contributed by atoms with Crippen LogP contribution in [0.2, 0.25) is 0 Å². The lowest BCUT2D eigenvalue weighted by molar-refractivity contribution is -0.155. The van der Waals surface area contributed by atoms with Gasteiger partial charge >= 0.3 is 5.97 Å². The number of carbonyl (C=O) groups is 3. The average Bonchev–Trinajstić information content (AvgIpc) is 3.18. The molecule has 11 heteroatoms. The van der Waals surface area contributed by atoms with E-state index < -0.39 is 29.6 Å². The minimum atomic E-state index is -0.710. The molecule has 0 bridgehead atoms. The highest BCUT2D eigenvalue weighted by molar-refractivity contribution is 6.12. The van der Waals surface area contributed by atoms with E-state index in [4.69, 9.17) is 14.6 Å². The van der Waals surface area contributed by atoms with Gasteiger partial charge in [0.1, 0.15) is 24.1 Å². The number of hydrogen-bond acceptors (Lipinski definition) is 7. The van der Waals surface area contributed by atoms with E-state index in [2.05, 4.69) is 5.32 Å². The maximum Gasteiger partial charge on any atom is 0.326 e. The van der Waals surface area contributed by atoms with Crippen molar-refractivity contribution in [3.05, 3.63) is 40.3 Å². The number of fused-ring (bicyclic) bond motifs is 3. The Bertz CT molecular complexity index is 1460. The van der Waals surface area contributed by atoms with E-state index in [9.17, 15) is 19.2 Å². The highest BCUT2D eigenvalue weighted by Crippen LogP contribution is 2.34. The molecule has 1 saturated heterocycles. The summed E-state index contributed by atoms with van der Waals surface area (Å²) in [6.45, 7) is 5.30. The maximum absolute atomic E-state index is 13.8. The second-order valence-corrected chi connectivity index (χ2v) is 10.4. The molecule has 0 unspecified atom stereocenters. The summed E-state index contributed by atoms with van der Waals surface area (Å²) in [6, 6.07) is 7.00. The van der Waals surface area contributed by atoms with Gasteiger partial charge in [0, 0.05) is 31.6 Å². The van der Waals surface area contributed by atoms with Crippen molar-refractivity contribution in [3.8, 4) is 5.75 Å². The van der Waals surface area contributed by atoms with Crippen LogP contribution in [0.4, 0.5) is 0 Å². The van der Waals surface area contributed by atoms with Gasteiger partial charge in [0.05, 0.1) is 18.1 Å². The number of aryl methyl sites for hydroxylation is 1. The van der Waals surface area contributed by atoms with Gasteiger partial charge in [-0.05, 0) is 39.7 Å². The number of esters is 1. The summed E-state index contributed by atoms with van der Waals surface area (Å²) >= 11 is 0. The summed E-state index contributed by atoms with van der Waals surface area (Å²) in [5.74, 6) is -1.17. The zero-order chi connectivity index (χ0) is 27.8. The highest BCUT2D eigenvalue weighted by Gasteiger charge is 2.30. The number of nitrogens with one attached hydrogen (secondary N) is 1. The Labute approximate surface area is 219 Å². The number of rotatable bonds is 6. The van der Waals surface area contributed by atoms with Crippen molar-refractivity contribution in [1.82, 2.24) is 19.4 Å². The number of nitrogens with zero attached hydrogens (tertiary/aromatic N) is 3. The van der Waals surface area contributed by atoms with Crippen LogP contribution in [-0.4, -0.2) is 75.4 Å². The summed E-state index contributed by atoms with van der Waals surface area (Å²) in [5, 5.41) is 13.0. The molecule has 4 rings (SSSR count). The van der Waals surface area contributed by atoms with Gasteiger partial charge in [0.2, 0.25) is 5.91 Å². The Hall–Kier alpha value is -3.86. The van der Waals surface area contributed by atoms with Crippen LogP contribution < -0.4 is 15.6 Å². The van der Waals surface area contributed by atoms with E-state index >= 15 is 0 Å². The van der Waals surface area contributed by atoms with E-state index in [1.54, 1.807) is 49.4 Å². The predicted molar refractivity (Wildman–Crippen MR) is 141 cm³/mol. The number of amides is 2. The van der Waals surface area contributed by atoms with Crippen molar-refractivity contribution < 1.29 is 29.0 Å². The third-order valence-electron chi connectivity index (χ3n) is 6.70. The largest absolute Gasteiger partial charge is 0.493 e. The summed E-state index contributed by atoms with van der Waals surface area (Å²) in [4.78, 5) is 53.3. The van der Waals surface area contributed by atoms with Crippen LogP contribution in [0, 0.1) is 0 Å². The number of ether oxygens (including phenoxy) is 2. The molecule has 0 saturated carbocycles. The topological polar surface area (TPSA) is 132 Å². The van der Waals surface area contributed by atoms with E-state index in [0.29, 0.717) is 42.4 Å². The van der Waals surface area contributed by atoms with Crippen molar-refractivity contribution >= 4 is 39.6 Å². The molecule has 0 spiro atoms. The van der Waals surface area contributed by atoms with Crippen LogP contribution in [0.15, 0.2) is 29.1 Å². The molecule has 3 heterocycles. The summed E-state index contributed by atoms with van der Waals surface area (Å²) < 4.78 is 14.1. The van der Waals surface area contributed by atoms with Crippen molar-refractivity contribution in [2.24, 2.45) is 7.05 Å². The van der Waals surface area contributed by atoms with Gasteiger partial charge in [0.15, 0.2) is 11.4 Å². The van der Waals surface area contributed by atoms with Gasteiger partial charge in [-0.15, -0.1) is 0 Å². The fraction of sp³-hybridized carbons (Fsp3) is 0.481. The van der Waals surface area contributed by atoms with E-state index in [-0.39, 0.29) is 35.3 Å². The van der Waals surface area contributed by atoms with Crippen LogP contribution in [-0.2, 0) is 27.9 Å². The number of likely N-dealkylation sites (tertiary alicyclic amines) is 1. The summed E-state index contributed by atoms with van der Waals surface area (Å²) in [6.07, 6.45) is 1.07. The molecule has 1 aromatic carbocycles. The maximum atomic E-state index is 13.8. The Balaban J connectivity index is 1.76. The number of para-hydroxylation sites is 1. The number of aliphatic hydroxyl groups excluding tert-OH is 1. The molecule has 2 aromatic heterocycles. The standard InChI is InChI=1S/C27H34N4O7/c1-27(2,3)38-20(34)14-31-18-9-7-6-8-17(18)22-21(26(31)36)24(37-5)23(29(22)4)25(35)28-16-10-12-30(13-11-16)19(33)15-32/h6-9,16,32H,10-15H2,1-5H3,(H,28,35). The van der Waals surface area contributed by atoms with Crippen molar-refractivity contribution in [2.45, 2.75) is 51.8 Å².